The Hall–Kier alpha value is -1.36. The Morgan fingerprint density at radius 2 is 1.95 bits per heavy atom. The smallest absolute Gasteiger partial charge is 0.310 e. The molecule has 1 aromatic rings. The minimum absolute atomic E-state index is 0.0490. The van der Waals surface area contributed by atoms with Gasteiger partial charge in [0.2, 0.25) is 0 Å². The molecule has 0 aliphatic carbocycles. The van der Waals surface area contributed by atoms with Crippen LogP contribution >= 0.6 is 0 Å². The predicted octanol–water partition coefficient (Wildman–Crippen LogP) is 5.24. The lowest BCUT2D eigenvalue weighted by Gasteiger charge is -2.22. The van der Waals surface area contributed by atoms with Crippen LogP contribution in [0.4, 0.5) is 17.6 Å². The van der Waals surface area contributed by atoms with E-state index in [1.165, 1.54) is 12.1 Å². The molecule has 0 amide bonds. The van der Waals surface area contributed by atoms with Gasteiger partial charge >= 0.3 is 6.18 Å². The van der Waals surface area contributed by atoms with Gasteiger partial charge in [-0.15, -0.1) is 0 Å². The third-order valence-corrected chi connectivity index (χ3v) is 3.34. The summed E-state index contributed by atoms with van der Waals surface area (Å²) in [6, 6.07) is 2.93. The molecule has 0 heterocycles. The highest BCUT2D eigenvalue weighted by Gasteiger charge is 2.35. The molecule has 0 aliphatic rings. The fraction of sp³-hybridized carbons (Fsp3) is 0.500. The van der Waals surface area contributed by atoms with Gasteiger partial charge < -0.3 is 5.32 Å². The second-order valence-electron chi connectivity index (χ2n) is 5.02. The average molecular weight is 303 g/mol. The van der Waals surface area contributed by atoms with Crippen molar-refractivity contribution >= 4 is 0 Å². The van der Waals surface area contributed by atoms with Crippen LogP contribution in [0.2, 0.25) is 0 Å². The van der Waals surface area contributed by atoms with Gasteiger partial charge in [0.25, 0.3) is 0 Å². The number of hydrogen-bond acceptors (Lipinski definition) is 1. The summed E-state index contributed by atoms with van der Waals surface area (Å²) in [5.74, 6) is -1.19. The van der Waals surface area contributed by atoms with Crippen molar-refractivity contribution in [2.24, 2.45) is 0 Å². The van der Waals surface area contributed by atoms with E-state index in [2.05, 4.69) is 11.9 Å². The molecule has 0 aromatic heterocycles. The lowest BCUT2D eigenvalue weighted by molar-refractivity contribution is -0.140. The first-order valence-electron chi connectivity index (χ1n) is 7.06. The second-order valence-corrected chi connectivity index (χ2v) is 5.02. The van der Waals surface area contributed by atoms with E-state index in [0.717, 1.165) is 18.1 Å². The minimum Gasteiger partial charge on any atom is -0.310 e. The highest BCUT2D eigenvalue weighted by atomic mass is 19.4. The number of halogens is 4. The summed E-state index contributed by atoms with van der Waals surface area (Å²) in [6.45, 7) is 8.34. The SMILES string of the molecule is C=C(CC)CC(NCCC)c1cccc(C(F)(F)F)c1F. The van der Waals surface area contributed by atoms with E-state index >= 15 is 0 Å². The maximum atomic E-state index is 14.2. The zero-order chi connectivity index (χ0) is 16.0. The van der Waals surface area contributed by atoms with Gasteiger partial charge in [0.05, 0.1) is 5.56 Å². The third kappa shape index (κ3) is 4.84. The highest BCUT2D eigenvalue weighted by Crippen LogP contribution is 2.35. The van der Waals surface area contributed by atoms with Crippen molar-refractivity contribution in [2.75, 3.05) is 6.54 Å². The summed E-state index contributed by atoms with van der Waals surface area (Å²) in [7, 11) is 0. The third-order valence-electron chi connectivity index (χ3n) is 3.34. The molecular weight excluding hydrogens is 282 g/mol. The van der Waals surface area contributed by atoms with Crippen LogP contribution < -0.4 is 5.32 Å². The lowest BCUT2D eigenvalue weighted by atomic mass is 9.96. The maximum Gasteiger partial charge on any atom is 0.419 e. The van der Waals surface area contributed by atoms with Gasteiger partial charge in [-0.3, -0.25) is 0 Å². The average Bonchev–Trinajstić information content (AvgIpc) is 2.42. The first-order valence-corrected chi connectivity index (χ1v) is 7.06. The van der Waals surface area contributed by atoms with Crippen molar-refractivity contribution < 1.29 is 17.6 Å². The summed E-state index contributed by atoms with van der Waals surface area (Å²) < 4.78 is 52.6. The standard InChI is InChI=1S/C16H21F4N/c1-4-9-21-14(10-11(3)5-2)12-7-6-8-13(15(12)17)16(18,19)20/h6-8,14,21H,3-5,9-10H2,1-2H3. The van der Waals surface area contributed by atoms with Gasteiger partial charge in [-0.05, 0) is 31.9 Å². The van der Waals surface area contributed by atoms with E-state index in [1.54, 1.807) is 0 Å². The number of benzene rings is 1. The van der Waals surface area contributed by atoms with Crippen LogP contribution in [0.15, 0.2) is 30.4 Å². The van der Waals surface area contributed by atoms with E-state index in [1.807, 2.05) is 13.8 Å². The molecule has 0 saturated carbocycles. The van der Waals surface area contributed by atoms with Gasteiger partial charge in [-0.1, -0.05) is 38.1 Å². The summed E-state index contributed by atoms with van der Waals surface area (Å²) >= 11 is 0. The normalized spacial score (nSPS) is 13.2. The van der Waals surface area contributed by atoms with Gasteiger partial charge in [0.15, 0.2) is 0 Å². The molecule has 1 nitrogen and oxygen atoms in total. The molecule has 0 saturated heterocycles. The Bertz CT molecular complexity index is 480. The van der Waals surface area contributed by atoms with Gasteiger partial charge in [-0.2, -0.15) is 13.2 Å². The molecule has 1 atom stereocenters. The van der Waals surface area contributed by atoms with Crippen LogP contribution in [0.25, 0.3) is 0 Å². The molecule has 5 heteroatoms. The quantitative estimate of drug-likeness (QED) is 0.536. The van der Waals surface area contributed by atoms with Crippen LogP contribution in [0.1, 0.15) is 50.3 Å². The molecule has 1 aromatic carbocycles. The van der Waals surface area contributed by atoms with Crippen molar-refractivity contribution in [1.29, 1.82) is 0 Å². The summed E-state index contributed by atoms with van der Waals surface area (Å²) in [4.78, 5) is 0. The molecule has 0 bridgehead atoms. The van der Waals surface area contributed by atoms with E-state index in [0.29, 0.717) is 19.4 Å². The number of rotatable bonds is 7. The number of hydrogen-bond donors (Lipinski definition) is 1. The van der Waals surface area contributed by atoms with E-state index in [-0.39, 0.29) is 5.56 Å². The van der Waals surface area contributed by atoms with Crippen LogP contribution in [-0.2, 0) is 6.18 Å². The molecule has 1 N–H and O–H groups in total. The van der Waals surface area contributed by atoms with E-state index in [4.69, 9.17) is 0 Å². The highest BCUT2D eigenvalue weighted by molar-refractivity contribution is 5.31. The van der Waals surface area contributed by atoms with E-state index < -0.39 is 23.6 Å². The zero-order valence-electron chi connectivity index (χ0n) is 12.4. The Kier molecular flexibility index (Phi) is 6.40. The molecule has 0 aliphatic heterocycles. The molecule has 118 valence electrons. The summed E-state index contributed by atoms with van der Waals surface area (Å²) in [6.07, 6.45) is -2.73. The maximum absolute atomic E-state index is 14.2. The van der Waals surface area contributed by atoms with Gasteiger partial charge in [-0.25, -0.2) is 4.39 Å². The Labute approximate surface area is 123 Å². The molecule has 1 rings (SSSR count). The van der Waals surface area contributed by atoms with Crippen molar-refractivity contribution in [1.82, 2.24) is 5.32 Å². The van der Waals surface area contributed by atoms with E-state index in [9.17, 15) is 17.6 Å². The topological polar surface area (TPSA) is 12.0 Å². The lowest BCUT2D eigenvalue weighted by Crippen LogP contribution is -2.24. The number of alkyl halides is 3. The van der Waals surface area contributed by atoms with Crippen LogP contribution in [0.3, 0.4) is 0 Å². The molecule has 1 unspecified atom stereocenters. The second kappa shape index (κ2) is 7.59. The van der Waals surface area contributed by atoms with Crippen LogP contribution in [0.5, 0.6) is 0 Å². The molecule has 0 fully saturated rings. The van der Waals surface area contributed by atoms with Crippen molar-refractivity contribution in [3.63, 3.8) is 0 Å². The summed E-state index contributed by atoms with van der Waals surface area (Å²) in [5, 5.41) is 3.10. The Balaban J connectivity index is 3.15. The van der Waals surface area contributed by atoms with Gasteiger partial charge in [0.1, 0.15) is 5.82 Å². The fourth-order valence-corrected chi connectivity index (χ4v) is 2.08. The minimum atomic E-state index is -4.68. The summed E-state index contributed by atoms with van der Waals surface area (Å²) in [5.41, 5.74) is -0.293. The zero-order valence-corrected chi connectivity index (χ0v) is 12.4. The predicted molar refractivity (Wildman–Crippen MR) is 76.5 cm³/mol. The molecular formula is C16H21F4N. The molecule has 21 heavy (non-hydrogen) atoms. The van der Waals surface area contributed by atoms with Gasteiger partial charge in [0, 0.05) is 11.6 Å². The van der Waals surface area contributed by atoms with Crippen molar-refractivity contribution in [2.45, 2.75) is 45.3 Å². The Morgan fingerprint density at radius 1 is 1.29 bits per heavy atom. The van der Waals surface area contributed by atoms with Crippen LogP contribution in [-0.4, -0.2) is 6.54 Å². The first kappa shape index (κ1) is 17.7. The fourth-order valence-electron chi connectivity index (χ4n) is 2.08. The number of nitrogens with one attached hydrogen (secondary N) is 1. The molecule has 0 spiro atoms. The van der Waals surface area contributed by atoms with Crippen molar-refractivity contribution in [3.8, 4) is 0 Å². The van der Waals surface area contributed by atoms with Crippen molar-refractivity contribution in [3.05, 3.63) is 47.3 Å². The largest absolute Gasteiger partial charge is 0.419 e. The Morgan fingerprint density at radius 3 is 2.48 bits per heavy atom. The molecule has 0 radical (unpaired) electrons. The monoisotopic (exact) mass is 303 g/mol. The van der Waals surface area contributed by atoms with Crippen LogP contribution in [0, 0.1) is 5.82 Å². The first-order chi connectivity index (χ1) is 9.81.